The zero-order valence-electron chi connectivity index (χ0n) is 19.5. The predicted molar refractivity (Wildman–Crippen MR) is 139 cm³/mol. The number of carbonyl (C=O) groups excluding carboxylic acids is 1. The Balaban J connectivity index is 1.53. The number of amides is 1. The van der Waals surface area contributed by atoms with Crippen LogP contribution in [0.5, 0.6) is 5.75 Å². The van der Waals surface area contributed by atoms with Gasteiger partial charge in [-0.3, -0.25) is 14.2 Å². The second kappa shape index (κ2) is 9.31. The summed E-state index contributed by atoms with van der Waals surface area (Å²) in [5.74, 6) is 0.559. The lowest BCUT2D eigenvalue weighted by atomic mass is 10.1. The highest BCUT2D eigenvalue weighted by molar-refractivity contribution is 7.99. The summed E-state index contributed by atoms with van der Waals surface area (Å²) in [7, 11) is 1.58. The molecule has 0 spiro atoms. The highest BCUT2D eigenvalue weighted by Gasteiger charge is 2.20. The molecule has 0 unspecified atom stereocenters. The van der Waals surface area contributed by atoms with Crippen LogP contribution in [0.1, 0.15) is 11.1 Å². The van der Waals surface area contributed by atoms with E-state index in [2.05, 4.69) is 5.32 Å². The Bertz CT molecular complexity index is 1620. The van der Waals surface area contributed by atoms with Gasteiger partial charge in [-0.1, -0.05) is 30.0 Å². The number of hydrogen-bond donors (Lipinski definition) is 1. The van der Waals surface area contributed by atoms with Crippen LogP contribution in [0.3, 0.4) is 0 Å². The second-order valence-corrected chi connectivity index (χ2v) is 9.09. The number of hydrogen-bond acceptors (Lipinski definition) is 6. The molecule has 3 aromatic carbocycles. The summed E-state index contributed by atoms with van der Waals surface area (Å²) in [6.07, 6.45) is 0. The standard InChI is InChI=1S/C27H23N3O4S/c1-16-8-9-18(14-17(16)2)28-23(31)15-35-27-29-24-21-6-4-5-7-22(21)34-25(24)26(32)30(27)19-10-12-20(33-3)13-11-19/h4-14H,15H2,1-3H3,(H,28,31). The lowest BCUT2D eigenvalue weighted by molar-refractivity contribution is -0.113. The lowest BCUT2D eigenvalue weighted by Gasteiger charge is -2.12. The van der Waals surface area contributed by atoms with Crippen LogP contribution in [-0.2, 0) is 4.79 Å². The van der Waals surface area contributed by atoms with Gasteiger partial charge in [0.15, 0.2) is 5.16 Å². The number of fused-ring (bicyclic) bond motifs is 3. The van der Waals surface area contributed by atoms with Crippen molar-refractivity contribution in [2.45, 2.75) is 19.0 Å². The lowest BCUT2D eigenvalue weighted by Crippen LogP contribution is -2.22. The summed E-state index contributed by atoms with van der Waals surface area (Å²) < 4.78 is 12.6. The number of thioether (sulfide) groups is 1. The van der Waals surface area contributed by atoms with Crippen LogP contribution >= 0.6 is 11.8 Å². The summed E-state index contributed by atoms with van der Waals surface area (Å²) in [4.78, 5) is 31.1. The maximum atomic E-state index is 13.6. The molecule has 0 saturated carbocycles. The third-order valence-electron chi connectivity index (χ3n) is 5.82. The molecule has 7 nitrogen and oxygen atoms in total. The van der Waals surface area contributed by atoms with Crippen molar-refractivity contribution in [1.29, 1.82) is 0 Å². The van der Waals surface area contributed by atoms with E-state index in [1.807, 2.05) is 50.2 Å². The van der Waals surface area contributed by atoms with E-state index in [0.29, 0.717) is 27.7 Å². The first kappa shape index (κ1) is 22.7. The van der Waals surface area contributed by atoms with Crippen LogP contribution in [-0.4, -0.2) is 28.3 Å². The molecule has 0 saturated heterocycles. The van der Waals surface area contributed by atoms with Crippen LogP contribution < -0.4 is 15.6 Å². The summed E-state index contributed by atoms with van der Waals surface area (Å²) in [6, 6.07) is 20.3. The van der Waals surface area contributed by atoms with Crippen LogP contribution in [0.25, 0.3) is 27.8 Å². The normalized spacial score (nSPS) is 11.2. The summed E-state index contributed by atoms with van der Waals surface area (Å²) >= 11 is 1.19. The van der Waals surface area contributed by atoms with E-state index in [0.717, 1.165) is 22.2 Å². The number of methoxy groups -OCH3 is 1. The SMILES string of the molecule is COc1ccc(-n2c(SCC(=O)Nc3ccc(C)c(C)c3)nc3c(oc4ccccc43)c2=O)cc1. The van der Waals surface area contributed by atoms with Crippen molar-refractivity contribution in [2.75, 3.05) is 18.2 Å². The molecule has 0 atom stereocenters. The van der Waals surface area contributed by atoms with Gasteiger partial charge in [-0.2, -0.15) is 0 Å². The van der Waals surface area contributed by atoms with Gasteiger partial charge < -0.3 is 14.5 Å². The van der Waals surface area contributed by atoms with Gasteiger partial charge in [0.1, 0.15) is 16.8 Å². The maximum absolute atomic E-state index is 13.6. The number of nitrogens with zero attached hydrogens (tertiary/aromatic N) is 2. The zero-order valence-corrected chi connectivity index (χ0v) is 20.3. The Labute approximate surface area is 205 Å². The first-order valence-electron chi connectivity index (χ1n) is 11.0. The first-order valence-corrected chi connectivity index (χ1v) is 12.0. The summed E-state index contributed by atoms with van der Waals surface area (Å²) in [5.41, 5.74) is 4.49. The van der Waals surface area contributed by atoms with E-state index in [1.165, 1.54) is 16.3 Å². The molecule has 0 fully saturated rings. The molecule has 8 heteroatoms. The molecule has 35 heavy (non-hydrogen) atoms. The molecule has 2 heterocycles. The van der Waals surface area contributed by atoms with Gasteiger partial charge in [-0.05, 0) is 73.5 Å². The monoisotopic (exact) mass is 485 g/mol. The van der Waals surface area contributed by atoms with E-state index in [-0.39, 0.29) is 22.8 Å². The first-order chi connectivity index (χ1) is 16.9. The Morgan fingerprint density at radius 1 is 1.06 bits per heavy atom. The fourth-order valence-corrected chi connectivity index (χ4v) is 4.63. The van der Waals surface area contributed by atoms with Gasteiger partial charge >= 0.3 is 5.56 Å². The molecule has 1 N–H and O–H groups in total. The third-order valence-corrected chi connectivity index (χ3v) is 6.76. The zero-order chi connectivity index (χ0) is 24.5. The minimum atomic E-state index is -0.339. The average molecular weight is 486 g/mol. The number of anilines is 1. The minimum absolute atomic E-state index is 0.0802. The fraction of sp³-hybridized carbons (Fsp3) is 0.148. The predicted octanol–water partition coefficient (Wildman–Crippen LogP) is 5.49. The molecule has 2 aromatic heterocycles. The Hall–Kier alpha value is -4.04. The number of aryl methyl sites for hydroxylation is 2. The molecule has 5 rings (SSSR count). The van der Waals surface area contributed by atoms with Crippen molar-refractivity contribution in [3.8, 4) is 11.4 Å². The van der Waals surface area contributed by atoms with Gasteiger partial charge in [0.05, 0.1) is 18.6 Å². The highest BCUT2D eigenvalue weighted by Crippen LogP contribution is 2.29. The molecule has 1 amide bonds. The largest absolute Gasteiger partial charge is 0.497 e. The molecule has 0 aliphatic rings. The van der Waals surface area contributed by atoms with Crippen molar-refractivity contribution in [2.24, 2.45) is 0 Å². The van der Waals surface area contributed by atoms with Gasteiger partial charge in [0.2, 0.25) is 11.5 Å². The van der Waals surface area contributed by atoms with Crippen molar-refractivity contribution < 1.29 is 13.9 Å². The highest BCUT2D eigenvalue weighted by atomic mass is 32.2. The number of rotatable bonds is 6. The number of benzene rings is 3. The molecule has 0 aliphatic carbocycles. The van der Waals surface area contributed by atoms with E-state index in [9.17, 15) is 9.59 Å². The molecule has 0 bridgehead atoms. The number of carbonyl (C=O) groups is 1. The Morgan fingerprint density at radius 3 is 2.57 bits per heavy atom. The quantitative estimate of drug-likeness (QED) is 0.253. The van der Waals surface area contributed by atoms with Crippen LogP contribution in [0, 0.1) is 13.8 Å². The molecule has 0 aliphatic heterocycles. The molecule has 176 valence electrons. The van der Waals surface area contributed by atoms with Crippen molar-refractivity contribution in [1.82, 2.24) is 9.55 Å². The van der Waals surface area contributed by atoms with Gasteiger partial charge in [0, 0.05) is 11.1 Å². The minimum Gasteiger partial charge on any atom is -0.497 e. The molecular weight excluding hydrogens is 462 g/mol. The number of furan rings is 1. The third kappa shape index (κ3) is 4.40. The van der Waals surface area contributed by atoms with Crippen LogP contribution in [0.4, 0.5) is 5.69 Å². The number of ether oxygens (including phenoxy) is 1. The summed E-state index contributed by atoms with van der Waals surface area (Å²) in [6.45, 7) is 4.03. The summed E-state index contributed by atoms with van der Waals surface area (Å²) in [5, 5.41) is 4.07. The maximum Gasteiger partial charge on any atom is 0.302 e. The number of aromatic nitrogens is 2. The smallest absolute Gasteiger partial charge is 0.302 e. The van der Waals surface area contributed by atoms with Gasteiger partial charge in [-0.15, -0.1) is 0 Å². The van der Waals surface area contributed by atoms with E-state index in [4.69, 9.17) is 14.1 Å². The van der Waals surface area contributed by atoms with Crippen molar-refractivity contribution >= 4 is 45.4 Å². The molecule has 0 radical (unpaired) electrons. The van der Waals surface area contributed by atoms with Crippen molar-refractivity contribution in [3.63, 3.8) is 0 Å². The van der Waals surface area contributed by atoms with Gasteiger partial charge in [-0.25, -0.2) is 4.98 Å². The van der Waals surface area contributed by atoms with E-state index < -0.39 is 0 Å². The van der Waals surface area contributed by atoms with Gasteiger partial charge in [0.25, 0.3) is 0 Å². The number of nitrogens with one attached hydrogen (secondary N) is 1. The van der Waals surface area contributed by atoms with Crippen LogP contribution in [0.15, 0.2) is 81.1 Å². The van der Waals surface area contributed by atoms with E-state index in [1.54, 1.807) is 37.4 Å². The Morgan fingerprint density at radius 2 is 1.83 bits per heavy atom. The van der Waals surface area contributed by atoms with Crippen LogP contribution in [0.2, 0.25) is 0 Å². The van der Waals surface area contributed by atoms with Crippen molar-refractivity contribution in [3.05, 3.63) is 88.2 Å². The topological polar surface area (TPSA) is 86.4 Å². The Kier molecular flexibility index (Phi) is 6.05. The fourth-order valence-electron chi connectivity index (χ4n) is 3.82. The average Bonchev–Trinajstić information content (AvgIpc) is 3.24. The number of para-hydroxylation sites is 1. The second-order valence-electron chi connectivity index (χ2n) is 8.14. The molecular formula is C27H23N3O4S. The molecule has 5 aromatic rings. The van der Waals surface area contributed by atoms with E-state index >= 15 is 0 Å².